The lowest BCUT2D eigenvalue weighted by atomic mass is 10.0. The Kier molecular flexibility index (Phi) is 7.62. The molecular weight excluding hydrogens is 192 g/mol. The fraction of sp³-hybridized carbons (Fsp3) is 0.800. The molecule has 0 aromatic rings. The van der Waals surface area contributed by atoms with E-state index in [0.29, 0.717) is 19.4 Å². The second kappa shape index (κ2) is 8.23. The summed E-state index contributed by atoms with van der Waals surface area (Å²) in [4.78, 5) is 15.3. The molecule has 0 amide bonds. The highest BCUT2D eigenvalue weighted by atomic mass is 16.1. The number of unbranched alkanes of at least 4 members (excludes halogenated alkanes) is 1. The van der Waals surface area contributed by atoms with Crippen LogP contribution in [-0.2, 0) is 4.79 Å². The molecule has 6 N–H and O–H groups in total. The average molecular weight is 214 g/mol. The molecule has 0 aliphatic heterocycles. The predicted octanol–water partition coefficient (Wildman–Crippen LogP) is 0.127. The number of guanidine groups is 1. The van der Waals surface area contributed by atoms with Gasteiger partial charge in [-0.3, -0.25) is 9.79 Å². The van der Waals surface area contributed by atoms with Crippen molar-refractivity contribution in [2.45, 2.75) is 45.1 Å². The number of rotatable bonds is 8. The van der Waals surface area contributed by atoms with Crippen molar-refractivity contribution in [2.75, 3.05) is 6.54 Å². The molecule has 0 aliphatic rings. The van der Waals surface area contributed by atoms with E-state index >= 15 is 0 Å². The lowest BCUT2D eigenvalue weighted by Crippen LogP contribution is -2.30. The molecule has 1 unspecified atom stereocenters. The van der Waals surface area contributed by atoms with Gasteiger partial charge in [-0.2, -0.15) is 0 Å². The Labute approximate surface area is 91.1 Å². The van der Waals surface area contributed by atoms with Gasteiger partial charge in [-0.15, -0.1) is 0 Å². The van der Waals surface area contributed by atoms with Gasteiger partial charge in [-0.05, 0) is 12.8 Å². The largest absolute Gasteiger partial charge is 0.370 e. The molecule has 0 bridgehead atoms. The maximum absolute atomic E-state index is 11.5. The Balaban J connectivity index is 3.60. The molecule has 0 aromatic heterocycles. The Hall–Kier alpha value is -1.10. The van der Waals surface area contributed by atoms with Gasteiger partial charge in [0.05, 0.1) is 6.04 Å². The average Bonchev–Trinajstić information content (AvgIpc) is 2.20. The SMILES string of the molecule is CCCCC(N)C(=O)CCCN=C(N)N. The van der Waals surface area contributed by atoms with Gasteiger partial charge in [0.25, 0.3) is 0 Å². The molecule has 0 radical (unpaired) electrons. The maximum atomic E-state index is 11.5. The van der Waals surface area contributed by atoms with Crippen LogP contribution in [0.2, 0.25) is 0 Å². The van der Waals surface area contributed by atoms with Crippen LogP contribution in [0.4, 0.5) is 0 Å². The molecule has 0 heterocycles. The van der Waals surface area contributed by atoms with Crippen molar-refractivity contribution in [1.82, 2.24) is 0 Å². The third kappa shape index (κ3) is 7.93. The monoisotopic (exact) mass is 214 g/mol. The van der Waals surface area contributed by atoms with Gasteiger partial charge in [0.2, 0.25) is 0 Å². The summed E-state index contributed by atoms with van der Waals surface area (Å²) < 4.78 is 0. The Morgan fingerprint density at radius 2 is 2.00 bits per heavy atom. The van der Waals surface area contributed by atoms with Gasteiger partial charge in [0.1, 0.15) is 5.78 Å². The molecule has 0 fully saturated rings. The maximum Gasteiger partial charge on any atom is 0.185 e. The van der Waals surface area contributed by atoms with E-state index in [4.69, 9.17) is 17.2 Å². The summed E-state index contributed by atoms with van der Waals surface area (Å²) in [5.41, 5.74) is 16.0. The van der Waals surface area contributed by atoms with Crippen LogP contribution in [0.25, 0.3) is 0 Å². The number of Topliss-reactive ketones (excluding diaryl/α,β-unsaturated/α-hetero) is 1. The Morgan fingerprint density at radius 1 is 1.33 bits per heavy atom. The number of carbonyl (C=O) groups excluding carboxylic acids is 1. The second-order valence-electron chi connectivity index (χ2n) is 3.63. The summed E-state index contributed by atoms with van der Waals surface area (Å²) >= 11 is 0. The second-order valence-corrected chi connectivity index (χ2v) is 3.63. The molecule has 5 heteroatoms. The smallest absolute Gasteiger partial charge is 0.185 e. The van der Waals surface area contributed by atoms with E-state index in [-0.39, 0.29) is 17.8 Å². The van der Waals surface area contributed by atoms with Crippen LogP contribution in [0.5, 0.6) is 0 Å². The van der Waals surface area contributed by atoms with Crippen LogP contribution in [0.15, 0.2) is 4.99 Å². The summed E-state index contributed by atoms with van der Waals surface area (Å²) in [7, 11) is 0. The fourth-order valence-electron chi connectivity index (χ4n) is 1.23. The Morgan fingerprint density at radius 3 is 2.53 bits per heavy atom. The van der Waals surface area contributed by atoms with Crippen LogP contribution in [-0.4, -0.2) is 24.3 Å². The van der Waals surface area contributed by atoms with Gasteiger partial charge in [-0.25, -0.2) is 0 Å². The topological polar surface area (TPSA) is 107 Å². The van der Waals surface area contributed by atoms with Crippen LogP contribution < -0.4 is 17.2 Å². The lowest BCUT2D eigenvalue weighted by molar-refractivity contribution is -0.120. The molecule has 0 aliphatic carbocycles. The first-order chi connectivity index (χ1) is 7.07. The molecule has 88 valence electrons. The molecule has 15 heavy (non-hydrogen) atoms. The van der Waals surface area contributed by atoms with Crippen molar-refractivity contribution >= 4 is 11.7 Å². The summed E-state index contributed by atoms with van der Waals surface area (Å²) in [5.74, 6) is 0.173. The summed E-state index contributed by atoms with van der Waals surface area (Å²) in [6.07, 6.45) is 3.96. The van der Waals surface area contributed by atoms with Gasteiger partial charge >= 0.3 is 0 Å². The zero-order chi connectivity index (χ0) is 11.7. The van der Waals surface area contributed by atoms with Gasteiger partial charge in [0, 0.05) is 13.0 Å². The van der Waals surface area contributed by atoms with E-state index in [1.165, 1.54) is 0 Å². The van der Waals surface area contributed by atoms with Gasteiger partial charge in [0.15, 0.2) is 5.96 Å². The van der Waals surface area contributed by atoms with E-state index in [9.17, 15) is 4.79 Å². The molecule has 0 spiro atoms. The minimum Gasteiger partial charge on any atom is -0.370 e. The van der Waals surface area contributed by atoms with Crippen molar-refractivity contribution in [3.05, 3.63) is 0 Å². The van der Waals surface area contributed by atoms with E-state index in [1.807, 2.05) is 0 Å². The van der Waals surface area contributed by atoms with Crippen LogP contribution in [0.3, 0.4) is 0 Å². The fourth-order valence-corrected chi connectivity index (χ4v) is 1.23. The highest BCUT2D eigenvalue weighted by Crippen LogP contribution is 2.03. The minimum atomic E-state index is -0.316. The number of aliphatic imine (C=N–C) groups is 1. The quantitative estimate of drug-likeness (QED) is 0.303. The van der Waals surface area contributed by atoms with Gasteiger partial charge in [-0.1, -0.05) is 19.8 Å². The Bertz CT molecular complexity index is 211. The molecule has 5 nitrogen and oxygen atoms in total. The highest BCUT2D eigenvalue weighted by Gasteiger charge is 2.11. The van der Waals surface area contributed by atoms with E-state index in [2.05, 4.69) is 11.9 Å². The minimum absolute atomic E-state index is 0.0673. The third-order valence-corrected chi connectivity index (χ3v) is 2.16. The highest BCUT2D eigenvalue weighted by molar-refractivity contribution is 5.83. The summed E-state index contributed by atoms with van der Waals surface area (Å²) in [6.45, 7) is 2.57. The molecule has 0 saturated heterocycles. The van der Waals surface area contributed by atoms with Crippen LogP contribution in [0.1, 0.15) is 39.0 Å². The third-order valence-electron chi connectivity index (χ3n) is 2.16. The lowest BCUT2D eigenvalue weighted by Gasteiger charge is -2.08. The number of hydrogen-bond donors (Lipinski definition) is 3. The van der Waals surface area contributed by atoms with E-state index in [1.54, 1.807) is 0 Å². The van der Waals surface area contributed by atoms with Crippen molar-refractivity contribution in [3.8, 4) is 0 Å². The zero-order valence-electron chi connectivity index (χ0n) is 9.41. The van der Waals surface area contributed by atoms with Crippen molar-refractivity contribution in [2.24, 2.45) is 22.2 Å². The predicted molar refractivity (Wildman–Crippen MR) is 62.4 cm³/mol. The number of hydrogen-bond acceptors (Lipinski definition) is 3. The number of nitrogens with zero attached hydrogens (tertiary/aromatic N) is 1. The van der Waals surface area contributed by atoms with Crippen molar-refractivity contribution in [3.63, 3.8) is 0 Å². The first-order valence-corrected chi connectivity index (χ1v) is 5.41. The van der Waals surface area contributed by atoms with E-state index < -0.39 is 0 Å². The normalized spacial score (nSPS) is 12.1. The van der Waals surface area contributed by atoms with Crippen LogP contribution >= 0.6 is 0 Å². The van der Waals surface area contributed by atoms with Crippen LogP contribution in [0, 0.1) is 0 Å². The van der Waals surface area contributed by atoms with Crippen molar-refractivity contribution in [1.29, 1.82) is 0 Å². The molecule has 0 saturated carbocycles. The first-order valence-electron chi connectivity index (χ1n) is 5.41. The summed E-state index contributed by atoms with van der Waals surface area (Å²) in [6, 6.07) is -0.316. The van der Waals surface area contributed by atoms with Gasteiger partial charge < -0.3 is 17.2 Å². The molecular formula is C10H22N4O. The summed E-state index contributed by atoms with van der Waals surface area (Å²) in [5, 5.41) is 0. The standard InChI is InChI=1S/C10H22N4O/c1-2-3-5-8(11)9(15)6-4-7-14-10(12)13/h8H,2-7,11H2,1H3,(H4,12,13,14). The zero-order valence-corrected chi connectivity index (χ0v) is 9.41. The van der Waals surface area contributed by atoms with Crippen molar-refractivity contribution < 1.29 is 4.79 Å². The number of carbonyl (C=O) groups is 1. The molecule has 0 aromatic carbocycles. The number of ketones is 1. The molecule has 0 rings (SSSR count). The van der Waals surface area contributed by atoms with E-state index in [0.717, 1.165) is 19.3 Å². The number of nitrogens with two attached hydrogens (primary N) is 3. The molecule has 1 atom stereocenters. The first kappa shape index (κ1) is 13.9.